The quantitative estimate of drug-likeness (QED) is 0.574. The number of ether oxygens (including phenoxy) is 1. The molecule has 1 aromatic carbocycles. The lowest BCUT2D eigenvalue weighted by atomic mass is 10.0. The number of amides is 1. The van der Waals surface area contributed by atoms with E-state index in [1.54, 1.807) is 19.1 Å². The Morgan fingerprint density at radius 2 is 2.00 bits per heavy atom. The number of carbonyl (C=O) groups excluding carboxylic acids is 2. The molecule has 1 aliphatic heterocycles. The summed E-state index contributed by atoms with van der Waals surface area (Å²) in [7, 11) is 1.30. The molecule has 4 heteroatoms. The molecule has 1 heterocycles. The van der Waals surface area contributed by atoms with Crippen molar-refractivity contribution in [1.82, 2.24) is 0 Å². The van der Waals surface area contributed by atoms with Crippen LogP contribution in [0.1, 0.15) is 12.5 Å². The fraction of sp³-hybridized carbons (Fsp3) is 0.167. The van der Waals surface area contributed by atoms with Crippen molar-refractivity contribution in [3.8, 4) is 0 Å². The highest BCUT2D eigenvalue weighted by atomic mass is 16.5. The van der Waals surface area contributed by atoms with Crippen LogP contribution < -0.4 is 5.32 Å². The van der Waals surface area contributed by atoms with Gasteiger partial charge in [-0.1, -0.05) is 18.2 Å². The first-order chi connectivity index (χ1) is 7.65. The summed E-state index contributed by atoms with van der Waals surface area (Å²) in [4.78, 5) is 23.1. The van der Waals surface area contributed by atoms with E-state index in [2.05, 4.69) is 10.1 Å². The predicted octanol–water partition coefficient (Wildman–Crippen LogP) is 1.59. The number of fused-ring (bicyclic) bond motifs is 1. The molecule has 1 N–H and O–H groups in total. The smallest absolute Gasteiger partial charge is 0.334 e. The summed E-state index contributed by atoms with van der Waals surface area (Å²) in [6.07, 6.45) is 0. The molecule has 1 aliphatic rings. The largest absolute Gasteiger partial charge is 0.466 e. The van der Waals surface area contributed by atoms with Crippen LogP contribution in [0.3, 0.4) is 0 Å². The summed E-state index contributed by atoms with van der Waals surface area (Å²) in [6.45, 7) is 1.59. The highest BCUT2D eigenvalue weighted by Crippen LogP contribution is 2.33. The summed E-state index contributed by atoms with van der Waals surface area (Å²) < 4.78 is 4.61. The number of methoxy groups -OCH3 is 1. The minimum absolute atomic E-state index is 0.260. The van der Waals surface area contributed by atoms with Crippen molar-refractivity contribution in [3.05, 3.63) is 35.4 Å². The lowest BCUT2D eigenvalue weighted by Gasteiger charge is -2.02. The van der Waals surface area contributed by atoms with Crippen LogP contribution in [0.15, 0.2) is 29.8 Å². The van der Waals surface area contributed by atoms with E-state index in [0.717, 1.165) is 11.3 Å². The number of anilines is 1. The SMILES string of the molecule is COC(=O)/C(C)=C1\C(=O)Nc2ccccc21. The third-order valence-corrected chi connectivity index (χ3v) is 2.54. The molecule has 0 spiro atoms. The van der Waals surface area contributed by atoms with Crippen molar-refractivity contribution in [2.75, 3.05) is 12.4 Å². The van der Waals surface area contributed by atoms with E-state index >= 15 is 0 Å². The Hall–Kier alpha value is -2.10. The van der Waals surface area contributed by atoms with Gasteiger partial charge in [-0.15, -0.1) is 0 Å². The minimum atomic E-state index is -0.484. The first-order valence-electron chi connectivity index (χ1n) is 4.85. The van der Waals surface area contributed by atoms with Crippen LogP contribution in [0.2, 0.25) is 0 Å². The molecule has 0 saturated heterocycles. The first-order valence-corrected chi connectivity index (χ1v) is 4.85. The van der Waals surface area contributed by atoms with Gasteiger partial charge >= 0.3 is 5.97 Å². The van der Waals surface area contributed by atoms with Gasteiger partial charge in [0.05, 0.1) is 12.7 Å². The van der Waals surface area contributed by atoms with Gasteiger partial charge in [0.15, 0.2) is 0 Å². The third kappa shape index (κ3) is 1.48. The van der Waals surface area contributed by atoms with Crippen molar-refractivity contribution in [3.63, 3.8) is 0 Å². The summed E-state index contributed by atoms with van der Waals surface area (Å²) in [6, 6.07) is 7.25. The lowest BCUT2D eigenvalue weighted by molar-refractivity contribution is -0.136. The van der Waals surface area contributed by atoms with E-state index in [9.17, 15) is 9.59 Å². The van der Waals surface area contributed by atoms with Gasteiger partial charge in [-0.25, -0.2) is 4.79 Å². The van der Waals surface area contributed by atoms with E-state index in [4.69, 9.17) is 0 Å². The molecule has 82 valence electrons. The fourth-order valence-electron chi connectivity index (χ4n) is 1.74. The summed E-state index contributed by atoms with van der Waals surface area (Å²) in [5.41, 5.74) is 2.19. The van der Waals surface area contributed by atoms with Crippen LogP contribution in [0.4, 0.5) is 5.69 Å². The maximum absolute atomic E-state index is 11.7. The molecule has 2 rings (SSSR count). The standard InChI is InChI=1S/C12H11NO3/c1-7(12(15)16-2)10-8-5-3-4-6-9(8)13-11(10)14/h3-6H,1-2H3,(H,13,14)/b10-7-. The topological polar surface area (TPSA) is 55.4 Å². The van der Waals surface area contributed by atoms with Crippen molar-refractivity contribution < 1.29 is 14.3 Å². The Kier molecular flexibility index (Phi) is 2.48. The number of nitrogens with one attached hydrogen (secondary N) is 1. The highest BCUT2D eigenvalue weighted by molar-refractivity contribution is 6.34. The molecule has 0 radical (unpaired) electrons. The average molecular weight is 217 g/mol. The zero-order valence-corrected chi connectivity index (χ0v) is 9.03. The van der Waals surface area contributed by atoms with Gasteiger partial charge in [0.2, 0.25) is 0 Å². The van der Waals surface area contributed by atoms with Crippen molar-refractivity contribution >= 4 is 23.1 Å². The van der Waals surface area contributed by atoms with Crippen LogP contribution in [0.25, 0.3) is 5.57 Å². The predicted molar refractivity (Wildman–Crippen MR) is 59.7 cm³/mol. The Morgan fingerprint density at radius 3 is 2.69 bits per heavy atom. The second-order valence-corrected chi connectivity index (χ2v) is 3.49. The number of benzene rings is 1. The van der Waals surface area contributed by atoms with Crippen LogP contribution in [0.5, 0.6) is 0 Å². The zero-order valence-electron chi connectivity index (χ0n) is 9.03. The maximum atomic E-state index is 11.7. The molecule has 0 unspecified atom stereocenters. The second kappa shape index (κ2) is 3.81. The van der Waals surface area contributed by atoms with Crippen LogP contribution in [-0.4, -0.2) is 19.0 Å². The molecule has 0 aliphatic carbocycles. The maximum Gasteiger partial charge on any atom is 0.334 e. The molecular formula is C12H11NO3. The Balaban J connectivity index is 2.59. The van der Waals surface area contributed by atoms with E-state index in [1.807, 2.05) is 12.1 Å². The van der Waals surface area contributed by atoms with Gasteiger partial charge in [0.25, 0.3) is 5.91 Å². The van der Waals surface area contributed by atoms with E-state index < -0.39 is 5.97 Å². The third-order valence-electron chi connectivity index (χ3n) is 2.54. The lowest BCUT2D eigenvalue weighted by Crippen LogP contribution is -2.10. The number of rotatable bonds is 1. The molecule has 1 amide bonds. The monoisotopic (exact) mass is 217 g/mol. The Morgan fingerprint density at radius 1 is 1.31 bits per heavy atom. The summed E-state index contributed by atoms with van der Waals surface area (Å²) in [5.74, 6) is -0.744. The van der Waals surface area contributed by atoms with Crippen molar-refractivity contribution in [2.45, 2.75) is 6.92 Å². The molecular weight excluding hydrogens is 206 g/mol. The first kappa shape index (κ1) is 10.4. The number of hydrogen-bond acceptors (Lipinski definition) is 3. The van der Waals surface area contributed by atoms with Gasteiger partial charge in [0, 0.05) is 16.8 Å². The van der Waals surface area contributed by atoms with Gasteiger partial charge in [-0.2, -0.15) is 0 Å². The zero-order chi connectivity index (χ0) is 11.7. The Labute approximate surface area is 92.9 Å². The van der Waals surface area contributed by atoms with Crippen LogP contribution in [-0.2, 0) is 14.3 Å². The van der Waals surface area contributed by atoms with Gasteiger partial charge in [0.1, 0.15) is 0 Å². The number of hydrogen-bond donors (Lipinski definition) is 1. The molecule has 0 atom stereocenters. The molecule has 0 fully saturated rings. The van der Waals surface area contributed by atoms with Crippen molar-refractivity contribution in [2.24, 2.45) is 0 Å². The van der Waals surface area contributed by atoms with Gasteiger partial charge < -0.3 is 10.1 Å². The number of esters is 1. The second-order valence-electron chi connectivity index (χ2n) is 3.49. The van der Waals surface area contributed by atoms with E-state index in [-0.39, 0.29) is 5.91 Å². The average Bonchev–Trinajstić information content (AvgIpc) is 2.63. The summed E-state index contributed by atoms with van der Waals surface area (Å²) >= 11 is 0. The van der Waals surface area contributed by atoms with Crippen LogP contribution >= 0.6 is 0 Å². The normalized spacial score (nSPS) is 16.5. The van der Waals surface area contributed by atoms with Crippen LogP contribution in [0, 0.1) is 0 Å². The molecule has 0 saturated carbocycles. The van der Waals surface area contributed by atoms with E-state index in [1.165, 1.54) is 7.11 Å². The van der Waals surface area contributed by atoms with Gasteiger partial charge in [-0.05, 0) is 13.0 Å². The molecule has 4 nitrogen and oxygen atoms in total. The van der Waals surface area contributed by atoms with E-state index in [0.29, 0.717) is 11.1 Å². The van der Waals surface area contributed by atoms with Crippen molar-refractivity contribution in [1.29, 1.82) is 0 Å². The Bertz CT molecular complexity index is 503. The molecule has 0 aromatic heterocycles. The summed E-state index contributed by atoms with van der Waals surface area (Å²) in [5, 5.41) is 2.70. The molecule has 16 heavy (non-hydrogen) atoms. The molecule has 0 bridgehead atoms. The van der Waals surface area contributed by atoms with Gasteiger partial charge in [-0.3, -0.25) is 4.79 Å². The number of para-hydroxylation sites is 1. The molecule has 1 aromatic rings. The number of carbonyl (C=O) groups is 2. The fourth-order valence-corrected chi connectivity index (χ4v) is 1.74. The minimum Gasteiger partial charge on any atom is -0.466 e. The highest BCUT2D eigenvalue weighted by Gasteiger charge is 2.27.